The molecule has 0 saturated heterocycles. The number of benzene rings is 3. The molecule has 0 fully saturated rings. The normalized spacial score (nSPS) is 12.3. The fourth-order valence-electron chi connectivity index (χ4n) is 4.88. The summed E-state index contributed by atoms with van der Waals surface area (Å²) < 4.78 is 1.88. The van der Waals surface area contributed by atoms with Crippen LogP contribution in [0.2, 0.25) is 0 Å². The van der Waals surface area contributed by atoms with Crippen molar-refractivity contribution in [3.63, 3.8) is 0 Å². The average Bonchev–Trinajstić information content (AvgIpc) is 3.36. The number of rotatable bonds is 10. The first-order valence-electron chi connectivity index (χ1n) is 12.8. The lowest BCUT2D eigenvalue weighted by molar-refractivity contribution is 0.172. The average molecular weight is 493 g/mol. The van der Waals surface area contributed by atoms with Crippen LogP contribution in [0.4, 0.5) is 0 Å². The summed E-state index contributed by atoms with van der Waals surface area (Å²) in [5, 5.41) is 13.8. The largest absolute Gasteiger partial charge is 0.322 e. The Hall–Kier alpha value is -4.10. The minimum atomic E-state index is -0.0541. The number of aryl methyl sites for hydroxylation is 1. The fraction of sp³-hybridized carbons (Fsp3) is 0.267. The van der Waals surface area contributed by atoms with Gasteiger partial charge in [0.1, 0.15) is 0 Å². The first-order valence-corrected chi connectivity index (χ1v) is 12.8. The highest BCUT2D eigenvalue weighted by Crippen LogP contribution is 2.25. The van der Waals surface area contributed by atoms with Crippen molar-refractivity contribution in [2.24, 2.45) is 0 Å². The van der Waals surface area contributed by atoms with Gasteiger partial charge in [-0.2, -0.15) is 0 Å². The summed E-state index contributed by atoms with van der Waals surface area (Å²) in [6.45, 7) is 6.05. The number of nitrogens with zero attached hydrogens (tertiary/aromatic N) is 5. The van der Waals surface area contributed by atoms with Crippen LogP contribution >= 0.6 is 0 Å². The molecule has 1 unspecified atom stereocenters. The van der Waals surface area contributed by atoms with Crippen LogP contribution in [0.25, 0.3) is 10.9 Å². The van der Waals surface area contributed by atoms with E-state index in [2.05, 4.69) is 80.9 Å². The predicted molar refractivity (Wildman–Crippen MR) is 146 cm³/mol. The van der Waals surface area contributed by atoms with Crippen LogP contribution in [0.5, 0.6) is 0 Å². The van der Waals surface area contributed by atoms with Gasteiger partial charge < -0.3 is 4.98 Å². The van der Waals surface area contributed by atoms with Gasteiger partial charge >= 0.3 is 0 Å². The van der Waals surface area contributed by atoms with Crippen molar-refractivity contribution in [2.45, 2.75) is 45.8 Å². The van der Waals surface area contributed by atoms with E-state index in [0.29, 0.717) is 13.1 Å². The molecule has 0 radical (unpaired) electrons. The number of tetrazole rings is 1. The molecular formula is C30H32N6O. The van der Waals surface area contributed by atoms with Crippen LogP contribution in [-0.4, -0.2) is 36.6 Å². The number of hydrogen-bond acceptors (Lipinski definition) is 5. The van der Waals surface area contributed by atoms with Gasteiger partial charge in [-0.25, -0.2) is 4.68 Å². The Balaban J connectivity index is 1.48. The molecule has 0 spiro atoms. The number of aromatic nitrogens is 5. The summed E-state index contributed by atoms with van der Waals surface area (Å²) in [6.07, 6.45) is 1.68. The van der Waals surface area contributed by atoms with E-state index < -0.39 is 0 Å². The van der Waals surface area contributed by atoms with Crippen molar-refractivity contribution >= 4 is 10.9 Å². The van der Waals surface area contributed by atoms with Crippen molar-refractivity contribution in [1.82, 2.24) is 30.1 Å². The molecule has 188 valence electrons. The monoisotopic (exact) mass is 492 g/mol. The van der Waals surface area contributed by atoms with Gasteiger partial charge in [0.2, 0.25) is 0 Å². The van der Waals surface area contributed by atoms with Gasteiger partial charge in [-0.3, -0.25) is 9.69 Å². The van der Waals surface area contributed by atoms with Gasteiger partial charge in [0.15, 0.2) is 5.82 Å². The molecule has 0 aliphatic rings. The number of fused-ring (bicyclic) bond motifs is 1. The standard InChI is InChI=1S/C30H32N6O/c1-3-28(29-32-33-34-36(29)20-24-12-8-5-9-13-24)35(17-16-23-10-6-4-7-11-23)21-26-19-25-15-14-22(2)18-27(25)31-30(26)37/h4-15,18-19,28H,3,16-17,20-21H2,1-2H3,(H,31,37). The maximum Gasteiger partial charge on any atom is 0.252 e. The Labute approximate surface area is 216 Å². The van der Waals surface area contributed by atoms with E-state index in [1.807, 2.05) is 48.0 Å². The SMILES string of the molecule is CCC(c1nnnn1Cc1ccccc1)N(CCc1ccccc1)Cc1cc2ccc(C)cc2[nH]c1=O. The van der Waals surface area contributed by atoms with Gasteiger partial charge in [0, 0.05) is 24.2 Å². The van der Waals surface area contributed by atoms with Gasteiger partial charge in [0.05, 0.1) is 12.6 Å². The van der Waals surface area contributed by atoms with Crippen molar-refractivity contribution in [1.29, 1.82) is 0 Å². The Morgan fingerprint density at radius 2 is 1.68 bits per heavy atom. The summed E-state index contributed by atoms with van der Waals surface area (Å²) in [4.78, 5) is 18.6. The quantitative estimate of drug-likeness (QED) is 0.295. The van der Waals surface area contributed by atoms with Crippen molar-refractivity contribution in [3.8, 4) is 0 Å². The highest BCUT2D eigenvalue weighted by atomic mass is 16.1. The molecule has 2 heterocycles. The highest BCUT2D eigenvalue weighted by molar-refractivity contribution is 5.79. The first-order chi connectivity index (χ1) is 18.1. The highest BCUT2D eigenvalue weighted by Gasteiger charge is 2.26. The van der Waals surface area contributed by atoms with Crippen LogP contribution < -0.4 is 5.56 Å². The summed E-state index contributed by atoms with van der Waals surface area (Å²) in [5.74, 6) is 0.812. The van der Waals surface area contributed by atoms with Gasteiger partial charge in [-0.1, -0.05) is 79.7 Å². The minimum absolute atomic E-state index is 0.0458. The molecule has 0 aliphatic carbocycles. The third kappa shape index (κ3) is 5.84. The lowest BCUT2D eigenvalue weighted by Gasteiger charge is -2.30. The summed E-state index contributed by atoms with van der Waals surface area (Å²) in [7, 11) is 0. The number of H-pyrrole nitrogens is 1. The van der Waals surface area contributed by atoms with Crippen molar-refractivity contribution < 1.29 is 0 Å². The first kappa shape index (κ1) is 24.6. The number of pyridine rings is 1. The van der Waals surface area contributed by atoms with Crippen LogP contribution in [-0.2, 0) is 19.5 Å². The van der Waals surface area contributed by atoms with Crippen molar-refractivity contribution in [2.75, 3.05) is 6.54 Å². The number of aromatic amines is 1. The molecule has 0 aliphatic heterocycles. The molecule has 7 nitrogen and oxygen atoms in total. The lowest BCUT2D eigenvalue weighted by Crippen LogP contribution is -2.34. The molecule has 1 atom stereocenters. The third-order valence-corrected chi connectivity index (χ3v) is 6.84. The molecule has 3 aromatic carbocycles. The molecule has 7 heteroatoms. The smallest absolute Gasteiger partial charge is 0.252 e. The van der Waals surface area contributed by atoms with E-state index in [0.717, 1.165) is 52.8 Å². The second kappa shape index (κ2) is 11.3. The molecule has 5 rings (SSSR count). The maximum absolute atomic E-state index is 13.1. The van der Waals surface area contributed by atoms with Crippen molar-refractivity contribution in [3.05, 3.63) is 123 Å². The molecular weight excluding hydrogens is 460 g/mol. The van der Waals surface area contributed by atoms with E-state index >= 15 is 0 Å². The molecule has 0 saturated carbocycles. The van der Waals surface area contributed by atoms with Crippen LogP contribution in [0.3, 0.4) is 0 Å². The molecule has 1 N–H and O–H groups in total. The van der Waals surface area contributed by atoms with Gasteiger partial charge in [-0.15, -0.1) is 5.10 Å². The molecule has 0 bridgehead atoms. The van der Waals surface area contributed by atoms with E-state index in [1.54, 1.807) is 0 Å². The lowest BCUT2D eigenvalue weighted by atomic mass is 10.1. The Morgan fingerprint density at radius 3 is 2.41 bits per heavy atom. The Kier molecular flexibility index (Phi) is 7.51. The van der Waals surface area contributed by atoms with E-state index in [4.69, 9.17) is 0 Å². The second-order valence-corrected chi connectivity index (χ2v) is 9.52. The Bertz CT molecular complexity index is 1510. The fourth-order valence-corrected chi connectivity index (χ4v) is 4.88. The zero-order valence-electron chi connectivity index (χ0n) is 21.3. The summed E-state index contributed by atoms with van der Waals surface area (Å²) >= 11 is 0. The molecule has 2 aromatic heterocycles. The topological polar surface area (TPSA) is 79.7 Å². The minimum Gasteiger partial charge on any atom is -0.322 e. The van der Waals surface area contributed by atoms with Gasteiger partial charge in [-0.05, 0) is 64.4 Å². The number of nitrogens with one attached hydrogen (secondary N) is 1. The zero-order valence-corrected chi connectivity index (χ0v) is 21.3. The van der Waals surface area contributed by atoms with Crippen LogP contribution in [0, 0.1) is 6.92 Å². The number of hydrogen-bond donors (Lipinski definition) is 1. The molecule has 5 aromatic rings. The molecule has 37 heavy (non-hydrogen) atoms. The predicted octanol–water partition coefficient (Wildman–Crippen LogP) is 5.07. The summed E-state index contributed by atoms with van der Waals surface area (Å²) in [5.41, 5.74) is 5.07. The van der Waals surface area contributed by atoms with E-state index in [-0.39, 0.29) is 11.6 Å². The second-order valence-electron chi connectivity index (χ2n) is 9.52. The zero-order chi connectivity index (χ0) is 25.6. The van der Waals surface area contributed by atoms with Crippen LogP contribution in [0.15, 0.2) is 89.7 Å². The third-order valence-electron chi connectivity index (χ3n) is 6.84. The van der Waals surface area contributed by atoms with Gasteiger partial charge in [0.25, 0.3) is 5.56 Å². The Morgan fingerprint density at radius 1 is 0.946 bits per heavy atom. The van der Waals surface area contributed by atoms with E-state index in [9.17, 15) is 4.79 Å². The summed E-state index contributed by atoms with van der Waals surface area (Å²) in [6, 6.07) is 28.8. The maximum atomic E-state index is 13.1. The molecule has 0 amide bonds. The van der Waals surface area contributed by atoms with Crippen LogP contribution in [0.1, 0.15) is 47.5 Å². The van der Waals surface area contributed by atoms with E-state index in [1.165, 1.54) is 5.56 Å².